The predicted octanol–water partition coefficient (Wildman–Crippen LogP) is 16.8. The van der Waals surface area contributed by atoms with E-state index in [1.807, 2.05) is 21.1 Å². The number of phosphoric acid groups is 1. The van der Waals surface area contributed by atoms with E-state index < -0.39 is 26.5 Å². The highest BCUT2D eigenvalue weighted by Crippen LogP contribution is 2.38. The van der Waals surface area contributed by atoms with Gasteiger partial charge >= 0.3 is 11.9 Å². The topological polar surface area (TPSA) is 111 Å². The van der Waals surface area contributed by atoms with Crippen molar-refractivity contribution in [2.45, 2.75) is 283 Å². The number of allylic oxidation sites excluding steroid dienone is 4. The number of esters is 2. The molecule has 396 valence electrons. The van der Waals surface area contributed by atoms with Gasteiger partial charge in [0.2, 0.25) is 0 Å². The van der Waals surface area contributed by atoms with E-state index in [0.717, 1.165) is 44.9 Å². The summed E-state index contributed by atoms with van der Waals surface area (Å²) in [6.45, 7) is 4.28. The van der Waals surface area contributed by atoms with Gasteiger partial charge in [-0.25, -0.2) is 0 Å². The van der Waals surface area contributed by atoms with Crippen molar-refractivity contribution in [2.24, 2.45) is 0 Å². The lowest BCUT2D eigenvalue weighted by Gasteiger charge is -2.28. The maximum Gasteiger partial charge on any atom is 0.306 e. The molecule has 0 fully saturated rings. The van der Waals surface area contributed by atoms with Crippen LogP contribution >= 0.6 is 7.82 Å². The summed E-state index contributed by atoms with van der Waals surface area (Å²) in [6, 6.07) is 0. The number of phosphoric ester groups is 1. The third kappa shape index (κ3) is 53.7. The first-order chi connectivity index (χ1) is 32.5. The second kappa shape index (κ2) is 49.5. The Morgan fingerprint density at radius 3 is 1.18 bits per heavy atom. The molecular formula is C57H110NO8P. The van der Waals surface area contributed by atoms with Crippen LogP contribution in [-0.4, -0.2) is 70.0 Å². The average Bonchev–Trinajstić information content (AvgIpc) is 3.29. The number of hydrogen-bond donors (Lipinski definition) is 0. The molecule has 0 aromatic carbocycles. The molecule has 0 aromatic heterocycles. The third-order valence-corrected chi connectivity index (χ3v) is 13.7. The zero-order chi connectivity index (χ0) is 49.2. The lowest BCUT2D eigenvalue weighted by molar-refractivity contribution is -0.870. The summed E-state index contributed by atoms with van der Waals surface area (Å²) in [5.74, 6) is -0.818. The zero-order valence-electron chi connectivity index (χ0n) is 44.9. The molecule has 0 amide bonds. The van der Waals surface area contributed by atoms with Crippen molar-refractivity contribution in [3.8, 4) is 0 Å². The van der Waals surface area contributed by atoms with Crippen molar-refractivity contribution >= 4 is 19.8 Å². The van der Waals surface area contributed by atoms with Crippen LogP contribution in [0.25, 0.3) is 0 Å². The van der Waals surface area contributed by atoms with Crippen LogP contribution in [0.4, 0.5) is 0 Å². The van der Waals surface area contributed by atoms with Gasteiger partial charge in [0, 0.05) is 12.8 Å². The van der Waals surface area contributed by atoms with Crippen LogP contribution < -0.4 is 4.89 Å². The van der Waals surface area contributed by atoms with Crippen LogP contribution in [-0.2, 0) is 32.7 Å². The normalized spacial score (nSPS) is 13.5. The molecule has 0 rings (SSSR count). The number of quaternary nitrogens is 1. The van der Waals surface area contributed by atoms with E-state index in [4.69, 9.17) is 18.5 Å². The van der Waals surface area contributed by atoms with Gasteiger partial charge in [0.05, 0.1) is 27.7 Å². The maximum atomic E-state index is 12.8. The molecule has 0 spiro atoms. The Kier molecular flexibility index (Phi) is 48.4. The Bertz CT molecular complexity index is 1190. The Balaban J connectivity index is 4.14. The number of ether oxygens (including phenoxy) is 2. The second-order valence-electron chi connectivity index (χ2n) is 20.7. The molecule has 0 aliphatic carbocycles. The second-order valence-corrected chi connectivity index (χ2v) is 22.1. The minimum atomic E-state index is -4.63. The molecule has 0 bridgehead atoms. The third-order valence-electron chi connectivity index (χ3n) is 12.7. The van der Waals surface area contributed by atoms with E-state index in [1.165, 1.54) is 199 Å². The number of rotatable bonds is 53. The van der Waals surface area contributed by atoms with Gasteiger partial charge < -0.3 is 27.9 Å². The Hall–Kier alpha value is -1.51. The fourth-order valence-electron chi connectivity index (χ4n) is 8.28. The summed E-state index contributed by atoms with van der Waals surface area (Å²) in [7, 11) is 1.18. The predicted molar refractivity (Wildman–Crippen MR) is 282 cm³/mol. The molecule has 0 radical (unpaired) electrons. The van der Waals surface area contributed by atoms with Gasteiger partial charge in [0.1, 0.15) is 19.8 Å². The van der Waals surface area contributed by atoms with Crippen molar-refractivity contribution in [1.29, 1.82) is 0 Å². The summed E-state index contributed by atoms with van der Waals surface area (Å²) in [6.07, 6.45) is 57.9. The largest absolute Gasteiger partial charge is 0.756 e. The minimum Gasteiger partial charge on any atom is -0.756 e. The van der Waals surface area contributed by atoms with Gasteiger partial charge in [-0.05, 0) is 44.9 Å². The molecule has 0 heterocycles. The molecule has 0 saturated carbocycles. The first-order valence-corrected chi connectivity index (χ1v) is 30.0. The Labute approximate surface area is 415 Å². The van der Waals surface area contributed by atoms with E-state index in [-0.39, 0.29) is 32.0 Å². The van der Waals surface area contributed by atoms with Crippen molar-refractivity contribution in [1.82, 2.24) is 0 Å². The molecule has 9 nitrogen and oxygen atoms in total. The van der Waals surface area contributed by atoms with E-state index >= 15 is 0 Å². The molecular weight excluding hydrogens is 858 g/mol. The van der Waals surface area contributed by atoms with Crippen LogP contribution in [0.5, 0.6) is 0 Å². The van der Waals surface area contributed by atoms with Gasteiger partial charge in [-0.2, -0.15) is 0 Å². The van der Waals surface area contributed by atoms with E-state index in [9.17, 15) is 19.0 Å². The fourth-order valence-corrected chi connectivity index (χ4v) is 9.01. The molecule has 0 saturated heterocycles. The van der Waals surface area contributed by atoms with Gasteiger partial charge in [0.15, 0.2) is 6.10 Å². The van der Waals surface area contributed by atoms with Gasteiger partial charge in [-0.1, -0.05) is 244 Å². The van der Waals surface area contributed by atoms with E-state index in [1.54, 1.807) is 0 Å². The minimum absolute atomic E-state index is 0.0281. The van der Waals surface area contributed by atoms with Gasteiger partial charge in [-0.3, -0.25) is 14.2 Å². The SMILES string of the molecule is CCCCCCC/C=C\C/C=C\CCCCCCCCCCCCCCCC(=O)OC(COC(=O)CCCCCCCCCCCCCCCCCCCC)COP(=O)([O-])OCC[N+](C)(C)C. The van der Waals surface area contributed by atoms with E-state index in [0.29, 0.717) is 17.4 Å². The van der Waals surface area contributed by atoms with Crippen molar-refractivity contribution in [3.05, 3.63) is 24.3 Å². The van der Waals surface area contributed by atoms with Crippen LogP contribution in [0.15, 0.2) is 24.3 Å². The summed E-state index contributed by atoms with van der Waals surface area (Å²) >= 11 is 0. The van der Waals surface area contributed by atoms with Crippen molar-refractivity contribution in [2.75, 3.05) is 47.5 Å². The van der Waals surface area contributed by atoms with Gasteiger partial charge in [0.25, 0.3) is 7.82 Å². The highest BCUT2D eigenvalue weighted by atomic mass is 31.2. The lowest BCUT2D eigenvalue weighted by Crippen LogP contribution is -2.37. The first-order valence-electron chi connectivity index (χ1n) is 28.5. The van der Waals surface area contributed by atoms with Crippen LogP contribution in [0.2, 0.25) is 0 Å². The summed E-state index contributed by atoms with van der Waals surface area (Å²) in [4.78, 5) is 37.8. The Morgan fingerprint density at radius 1 is 0.463 bits per heavy atom. The van der Waals surface area contributed by atoms with Crippen molar-refractivity contribution < 1.29 is 42.1 Å². The molecule has 0 aliphatic heterocycles. The number of nitrogens with zero attached hydrogens (tertiary/aromatic N) is 1. The fraction of sp³-hybridized carbons (Fsp3) is 0.895. The Morgan fingerprint density at radius 2 is 0.806 bits per heavy atom. The van der Waals surface area contributed by atoms with Gasteiger partial charge in [-0.15, -0.1) is 0 Å². The highest BCUT2D eigenvalue weighted by molar-refractivity contribution is 7.45. The molecule has 0 aromatic rings. The van der Waals surface area contributed by atoms with Crippen molar-refractivity contribution in [3.63, 3.8) is 0 Å². The average molecular weight is 968 g/mol. The summed E-state index contributed by atoms with van der Waals surface area (Å²) in [5, 5.41) is 0. The standard InChI is InChI=1S/C57H110NO8P/c1-6-8-10-12-14-16-18-20-22-24-26-27-28-29-30-31-32-34-36-38-40-42-44-46-48-50-57(60)66-55(54-65-67(61,62)64-52-51-58(3,4)5)53-63-56(59)49-47-45-43-41-39-37-35-33-25-23-21-19-17-15-13-11-9-7-2/h18,20,24,26,55H,6-17,19,21-23,25,27-54H2,1-5H3/b20-18-,26-24-. The number of unbranched alkanes of at least 4 members (excludes halogenated alkanes) is 35. The highest BCUT2D eigenvalue weighted by Gasteiger charge is 2.22. The summed E-state index contributed by atoms with van der Waals surface area (Å²) < 4.78 is 34.2. The molecule has 2 atom stereocenters. The first kappa shape index (κ1) is 65.5. The summed E-state index contributed by atoms with van der Waals surface area (Å²) in [5.41, 5.74) is 0. The monoisotopic (exact) mass is 968 g/mol. The number of hydrogen-bond acceptors (Lipinski definition) is 8. The zero-order valence-corrected chi connectivity index (χ0v) is 45.8. The lowest BCUT2D eigenvalue weighted by atomic mass is 10.0. The molecule has 0 N–H and O–H groups in total. The number of likely N-dealkylation sites (N-methyl/N-ethyl adjacent to an activating group) is 1. The number of carbonyl (C=O) groups is 2. The number of carbonyl (C=O) groups excluding carboxylic acids is 2. The smallest absolute Gasteiger partial charge is 0.306 e. The molecule has 10 heteroatoms. The quantitative estimate of drug-likeness (QED) is 0.0195. The molecule has 67 heavy (non-hydrogen) atoms. The molecule has 0 aliphatic rings. The van der Waals surface area contributed by atoms with E-state index in [2.05, 4.69) is 38.2 Å². The van der Waals surface area contributed by atoms with Crippen LogP contribution in [0, 0.1) is 0 Å². The maximum absolute atomic E-state index is 12.8. The molecule has 2 unspecified atom stereocenters. The van der Waals surface area contributed by atoms with Crippen LogP contribution in [0.3, 0.4) is 0 Å². The van der Waals surface area contributed by atoms with Crippen LogP contribution in [0.1, 0.15) is 277 Å².